The van der Waals surface area contributed by atoms with Gasteiger partial charge in [0.1, 0.15) is 0 Å². The van der Waals surface area contributed by atoms with Crippen LogP contribution in [0.4, 0.5) is 5.69 Å². The lowest BCUT2D eigenvalue weighted by Gasteiger charge is -2.31. The van der Waals surface area contributed by atoms with Crippen molar-refractivity contribution < 1.29 is 17.9 Å². The summed E-state index contributed by atoms with van der Waals surface area (Å²) in [6.45, 7) is 5.76. The number of sulfonamides is 1. The third-order valence-electron chi connectivity index (χ3n) is 5.78. The Balaban J connectivity index is 1.46. The summed E-state index contributed by atoms with van der Waals surface area (Å²) in [5.74, 6) is -0.212. The van der Waals surface area contributed by atoms with E-state index < -0.39 is 10.0 Å². The van der Waals surface area contributed by atoms with Crippen molar-refractivity contribution in [1.29, 1.82) is 0 Å². The smallest absolute Gasteiger partial charge is 0.261 e. The topological polar surface area (TPSA) is 87.7 Å². The molecule has 1 aliphatic rings. The number of hydrogen-bond donors (Lipinski definition) is 2. The van der Waals surface area contributed by atoms with Crippen LogP contribution in [-0.2, 0) is 14.8 Å². The van der Waals surface area contributed by atoms with Gasteiger partial charge in [0.05, 0.1) is 24.2 Å². The number of ether oxygens (including phenoxy) is 1. The summed E-state index contributed by atoms with van der Waals surface area (Å²) in [5, 5.41) is 3.15. The Morgan fingerprint density at radius 2 is 1.59 bits per heavy atom. The van der Waals surface area contributed by atoms with Gasteiger partial charge < -0.3 is 10.1 Å². The monoisotopic (exact) mass is 479 g/mol. The Kier molecular flexibility index (Phi) is 7.62. The second-order valence-corrected chi connectivity index (χ2v) is 10.0. The van der Waals surface area contributed by atoms with Gasteiger partial charge in [0.15, 0.2) is 0 Å². The standard InChI is InChI=1S/C26H29N3O4S/c1-20-7-9-21(10-8-20)25(19-29-15-17-33-18-16-29)27-26(30)22-11-13-23(14-12-22)28-34(31,32)24-5-3-2-4-6-24/h2-14,25,28H,15-19H2,1H3,(H,27,30). The van der Waals surface area contributed by atoms with E-state index in [1.807, 2.05) is 31.2 Å². The van der Waals surface area contributed by atoms with E-state index in [1.54, 1.807) is 42.5 Å². The van der Waals surface area contributed by atoms with Crippen molar-refractivity contribution in [2.45, 2.75) is 17.9 Å². The maximum atomic E-state index is 13.1. The molecule has 0 bridgehead atoms. The SMILES string of the molecule is Cc1ccc(C(CN2CCOCC2)NC(=O)c2ccc(NS(=O)(=O)c3ccccc3)cc2)cc1. The molecule has 0 spiro atoms. The molecule has 3 aromatic carbocycles. The minimum Gasteiger partial charge on any atom is -0.379 e. The minimum atomic E-state index is -3.69. The van der Waals surface area contributed by atoms with Crippen LogP contribution in [0.15, 0.2) is 83.8 Å². The zero-order valence-electron chi connectivity index (χ0n) is 19.1. The molecule has 2 N–H and O–H groups in total. The number of anilines is 1. The van der Waals surface area contributed by atoms with Crippen molar-refractivity contribution in [1.82, 2.24) is 10.2 Å². The quantitative estimate of drug-likeness (QED) is 0.516. The lowest BCUT2D eigenvalue weighted by Crippen LogP contribution is -2.43. The summed E-state index contributed by atoms with van der Waals surface area (Å²) in [4.78, 5) is 15.5. The molecule has 7 nitrogen and oxygen atoms in total. The normalized spacial score (nSPS) is 15.4. The summed E-state index contributed by atoms with van der Waals surface area (Å²) >= 11 is 0. The van der Waals surface area contributed by atoms with E-state index in [4.69, 9.17) is 4.74 Å². The van der Waals surface area contributed by atoms with Crippen LogP contribution >= 0.6 is 0 Å². The number of hydrogen-bond acceptors (Lipinski definition) is 5. The van der Waals surface area contributed by atoms with Gasteiger partial charge in [-0.15, -0.1) is 0 Å². The Labute approximate surface area is 200 Å². The van der Waals surface area contributed by atoms with Gasteiger partial charge in [0.2, 0.25) is 0 Å². The first-order valence-electron chi connectivity index (χ1n) is 11.3. The highest BCUT2D eigenvalue weighted by atomic mass is 32.2. The second-order valence-electron chi connectivity index (χ2n) is 8.35. The van der Waals surface area contributed by atoms with Gasteiger partial charge in [0, 0.05) is 30.9 Å². The predicted octanol–water partition coefficient (Wildman–Crippen LogP) is 3.60. The minimum absolute atomic E-state index is 0.178. The Morgan fingerprint density at radius 3 is 2.24 bits per heavy atom. The fraction of sp³-hybridized carbons (Fsp3) is 0.269. The average molecular weight is 480 g/mol. The number of rotatable bonds is 8. The highest BCUT2D eigenvalue weighted by molar-refractivity contribution is 7.92. The van der Waals surface area contributed by atoms with E-state index in [2.05, 4.69) is 14.9 Å². The van der Waals surface area contributed by atoms with Crippen molar-refractivity contribution in [3.63, 3.8) is 0 Å². The van der Waals surface area contributed by atoms with Gasteiger partial charge in [-0.3, -0.25) is 14.4 Å². The molecule has 3 aromatic rings. The molecule has 1 aliphatic heterocycles. The van der Waals surface area contributed by atoms with Gasteiger partial charge in [0.25, 0.3) is 15.9 Å². The van der Waals surface area contributed by atoms with E-state index in [-0.39, 0.29) is 16.8 Å². The van der Waals surface area contributed by atoms with Crippen LogP contribution < -0.4 is 10.0 Å². The van der Waals surface area contributed by atoms with Crippen molar-refractivity contribution in [2.75, 3.05) is 37.6 Å². The molecular formula is C26H29N3O4S. The molecule has 0 saturated carbocycles. The molecule has 0 aliphatic carbocycles. The molecule has 34 heavy (non-hydrogen) atoms. The van der Waals surface area contributed by atoms with Crippen LogP contribution in [0, 0.1) is 6.92 Å². The summed E-state index contributed by atoms with van der Waals surface area (Å²) < 4.78 is 33.1. The lowest BCUT2D eigenvalue weighted by atomic mass is 10.0. The van der Waals surface area contributed by atoms with E-state index >= 15 is 0 Å². The van der Waals surface area contributed by atoms with Gasteiger partial charge in [-0.1, -0.05) is 48.0 Å². The molecule has 1 fully saturated rings. The zero-order valence-corrected chi connectivity index (χ0v) is 19.9. The van der Waals surface area contributed by atoms with Crippen molar-refractivity contribution >= 4 is 21.6 Å². The predicted molar refractivity (Wildman–Crippen MR) is 132 cm³/mol. The van der Waals surface area contributed by atoms with E-state index in [0.29, 0.717) is 31.0 Å². The van der Waals surface area contributed by atoms with E-state index in [0.717, 1.165) is 24.2 Å². The molecule has 1 amide bonds. The van der Waals surface area contributed by atoms with Crippen LogP contribution in [-0.4, -0.2) is 52.1 Å². The molecule has 0 aromatic heterocycles. The number of morpholine rings is 1. The van der Waals surface area contributed by atoms with Crippen LogP contribution in [0.1, 0.15) is 27.5 Å². The molecule has 8 heteroatoms. The number of benzene rings is 3. The molecule has 4 rings (SSSR count). The fourth-order valence-electron chi connectivity index (χ4n) is 3.82. The number of amides is 1. The summed E-state index contributed by atoms with van der Waals surface area (Å²) in [7, 11) is -3.69. The number of carbonyl (C=O) groups excluding carboxylic acids is 1. The summed E-state index contributed by atoms with van der Waals surface area (Å²) in [5.41, 5.74) is 3.05. The zero-order chi connectivity index (χ0) is 24.0. The molecule has 1 saturated heterocycles. The van der Waals surface area contributed by atoms with Crippen molar-refractivity contribution in [3.05, 3.63) is 95.6 Å². The number of nitrogens with one attached hydrogen (secondary N) is 2. The molecule has 1 unspecified atom stereocenters. The number of nitrogens with zero attached hydrogens (tertiary/aromatic N) is 1. The largest absolute Gasteiger partial charge is 0.379 e. The average Bonchev–Trinajstić information content (AvgIpc) is 2.85. The molecule has 1 heterocycles. The Morgan fingerprint density at radius 1 is 0.941 bits per heavy atom. The first-order valence-corrected chi connectivity index (χ1v) is 12.7. The van der Waals surface area contributed by atoms with Gasteiger partial charge in [-0.05, 0) is 48.9 Å². The summed E-state index contributed by atoms with van der Waals surface area (Å²) in [6.07, 6.45) is 0. The molecule has 178 valence electrons. The number of aryl methyl sites for hydroxylation is 1. The maximum Gasteiger partial charge on any atom is 0.261 e. The van der Waals surface area contributed by atoms with Crippen molar-refractivity contribution in [3.8, 4) is 0 Å². The van der Waals surface area contributed by atoms with Crippen LogP contribution in [0.25, 0.3) is 0 Å². The lowest BCUT2D eigenvalue weighted by molar-refractivity contribution is 0.0332. The van der Waals surface area contributed by atoms with Crippen LogP contribution in [0.2, 0.25) is 0 Å². The molecular weight excluding hydrogens is 450 g/mol. The highest BCUT2D eigenvalue weighted by Crippen LogP contribution is 2.19. The summed E-state index contributed by atoms with van der Waals surface area (Å²) in [6, 6.07) is 22.6. The highest BCUT2D eigenvalue weighted by Gasteiger charge is 2.21. The van der Waals surface area contributed by atoms with Gasteiger partial charge in [-0.25, -0.2) is 8.42 Å². The maximum absolute atomic E-state index is 13.1. The third kappa shape index (κ3) is 6.22. The van der Waals surface area contributed by atoms with Gasteiger partial charge >= 0.3 is 0 Å². The number of carbonyl (C=O) groups is 1. The van der Waals surface area contributed by atoms with Gasteiger partial charge in [-0.2, -0.15) is 0 Å². The van der Waals surface area contributed by atoms with E-state index in [1.165, 1.54) is 12.1 Å². The third-order valence-corrected chi connectivity index (χ3v) is 7.18. The molecule has 1 atom stereocenters. The van der Waals surface area contributed by atoms with Crippen LogP contribution in [0.5, 0.6) is 0 Å². The Bertz CT molecular complexity index is 1190. The van der Waals surface area contributed by atoms with Crippen LogP contribution in [0.3, 0.4) is 0 Å². The fourth-order valence-corrected chi connectivity index (χ4v) is 4.90. The first-order chi connectivity index (χ1) is 16.4. The first kappa shape index (κ1) is 23.9. The molecule has 0 radical (unpaired) electrons. The van der Waals surface area contributed by atoms with E-state index in [9.17, 15) is 13.2 Å². The second kappa shape index (κ2) is 10.8. The van der Waals surface area contributed by atoms with Crippen molar-refractivity contribution in [2.24, 2.45) is 0 Å². The Hall–Kier alpha value is -3.20.